The number of anilines is 1. The fourth-order valence-corrected chi connectivity index (χ4v) is 4.63. The van der Waals surface area contributed by atoms with Crippen LogP contribution in [-0.4, -0.2) is 48.0 Å². The summed E-state index contributed by atoms with van der Waals surface area (Å²) >= 11 is 6.24. The third kappa shape index (κ3) is 4.51. The Morgan fingerprint density at radius 3 is 2.63 bits per heavy atom. The molecule has 0 bridgehead atoms. The average molecular weight is 425 g/mol. The number of aromatic nitrogens is 2. The lowest BCUT2D eigenvalue weighted by atomic mass is 9.87. The van der Waals surface area contributed by atoms with E-state index in [-0.39, 0.29) is 5.92 Å². The summed E-state index contributed by atoms with van der Waals surface area (Å²) in [4.78, 5) is 26.4. The molecular weight excluding hydrogens is 396 g/mol. The van der Waals surface area contributed by atoms with Crippen molar-refractivity contribution in [1.29, 1.82) is 0 Å². The number of hydrogen-bond acceptors (Lipinski definition) is 4. The van der Waals surface area contributed by atoms with Crippen LogP contribution in [-0.2, 0) is 4.79 Å². The van der Waals surface area contributed by atoms with Gasteiger partial charge < -0.3 is 9.80 Å². The van der Waals surface area contributed by atoms with Crippen LogP contribution in [0.25, 0.3) is 11.1 Å². The van der Waals surface area contributed by atoms with Crippen LogP contribution >= 0.6 is 11.6 Å². The van der Waals surface area contributed by atoms with Crippen LogP contribution in [0.5, 0.6) is 0 Å². The highest BCUT2D eigenvalue weighted by Crippen LogP contribution is 2.36. The smallest absolute Gasteiger partial charge is 0.226 e. The number of piperidine rings is 1. The Bertz CT molecular complexity index is 935. The molecule has 2 aromatic rings. The maximum atomic E-state index is 12.9. The Labute approximate surface area is 183 Å². The van der Waals surface area contributed by atoms with E-state index in [4.69, 9.17) is 16.6 Å². The lowest BCUT2D eigenvalue weighted by Gasteiger charge is -2.35. The van der Waals surface area contributed by atoms with Crippen LogP contribution in [0, 0.1) is 5.92 Å². The van der Waals surface area contributed by atoms with Crippen molar-refractivity contribution < 1.29 is 4.79 Å². The normalized spacial score (nSPS) is 19.7. The van der Waals surface area contributed by atoms with E-state index in [9.17, 15) is 4.79 Å². The Kier molecular flexibility index (Phi) is 6.38. The van der Waals surface area contributed by atoms with Crippen LogP contribution in [0.4, 0.5) is 5.95 Å². The van der Waals surface area contributed by atoms with E-state index in [1.54, 1.807) is 0 Å². The molecule has 0 spiro atoms. The zero-order chi connectivity index (χ0) is 21.1. The minimum absolute atomic E-state index is 0.160. The number of nitrogens with zero attached hydrogens (tertiary/aromatic N) is 4. The van der Waals surface area contributed by atoms with Crippen molar-refractivity contribution in [3.05, 3.63) is 53.3 Å². The molecule has 1 atom stereocenters. The third-order valence-electron chi connectivity index (χ3n) is 6.15. The van der Waals surface area contributed by atoms with Gasteiger partial charge in [-0.25, -0.2) is 9.97 Å². The molecule has 1 amide bonds. The number of likely N-dealkylation sites (tertiary alicyclic amines) is 1. The van der Waals surface area contributed by atoms with Crippen molar-refractivity contribution in [2.45, 2.75) is 38.0 Å². The van der Waals surface area contributed by atoms with Crippen molar-refractivity contribution in [3.63, 3.8) is 0 Å². The Hall–Kier alpha value is -2.40. The van der Waals surface area contributed by atoms with Gasteiger partial charge in [0.15, 0.2) is 0 Å². The molecule has 0 radical (unpaired) electrons. The predicted octanol–water partition coefficient (Wildman–Crippen LogP) is 4.93. The predicted molar refractivity (Wildman–Crippen MR) is 122 cm³/mol. The standard InChI is InChI=1S/C24H29ClN4O/c1-28(2)24-26-16-21(19-9-6-10-20(25)15-19)22(27-24)17-11-13-29(14-12-17)23(30)18-7-4-3-5-8-18/h3-4,6,9-10,15-18H,5,7-8,11-14H2,1-2H3/t18-/m0/s1. The van der Waals surface area contributed by atoms with Gasteiger partial charge in [0.25, 0.3) is 0 Å². The Balaban J connectivity index is 1.55. The second-order valence-corrected chi connectivity index (χ2v) is 8.89. The highest BCUT2D eigenvalue weighted by atomic mass is 35.5. The lowest BCUT2D eigenvalue weighted by Crippen LogP contribution is -2.41. The summed E-state index contributed by atoms with van der Waals surface area (Å²) in [7, 11) is 3.91. The SMILES string of the molecule is CN(C)c1ncc(-c2cccc(Cl)c2)c(C2CCN(C(=O)[C@H]3CC=CCC3)CC2)n1. The second kappa shape index (κ2) is 9.17. The molecule has 0 N–H and O–H groups in total. The molecular formula is C24H29ClN4O. The molecule has 4 rings (SSSR count). The third-order valence-corrected chi connectivity index (χ3v) is 6.39. The van der Waals surface area contributed by atoms with Crippen molar-refractivity contribution >= 4 is 23.5 Å². The quantitative estimate of drug-likeness (QED) is 0.653. The lowest BCUT2D eigenvalue weighted by molar-refractivity contribution is -0.136. The second-order valence-electron chi connectivity index (χ2n) is 8.45. The Morgan fingerprint density at radius 1 is 1.17 bits per heavy atom. The van der Waals surface area contributed by atoms with Crippen molar-refractivity contribution in [2.24, 2.45) is 5.92 Å². The fraction of sp³-hybridized carbons (Fsp3) is 0.458. The average Bonchev–Trinajstić information content (AvgIpc) is 2.79. The molecule has 2 heterocycles. The van der Waals surface area contributed by atoms with E-state index in [2.05, 4.69) is 28.1 Å². The summed E-state index contributed by atoms with van der Waals surface area (Å²) in [5, 5.41) is 0.706. The number of rotatable bonds is 4. The molecule has 0 saturated carbocycles. The molecule has 0 unspecified atom stereocenters. The first-order valence-corrected chi connectivity index (χ1v) is 11.1. The van der Waals surface area contributed by atoms with Gasteiger partial charge >= 0.3 is 0 Å². The van der Waals surface area contributed by atoms with E-state index in [0.717, 1.165) is 62.0 Å². The number of amides is 1. The van der Waals surface area contributed by atoms with Crippen LogP contribution in [0.3, 0.4) is 0 Å². The van der Waals surface area contributed by atoms with Crippen LogP contribution < -0.4 is 4.90 Å². The number of carbonyl (C=O) groups excluding carboxylic acids is 1. The zero-order valence-electron chi connectivity index (χ0n) is 17.7. The van der Waals surface area contributed by atoms with E-state index in [1.807, 2.05) is 43.4 Å². The molecule has 5 nitrogen and oxygen atoms in total. The monoisotopic (exact) mass is 424 g/mol. The van der Waals surface area contributed by atoms with Gasteiger partial charge in [-0.3, -0.25) is 4.79 Å². The summed E-state index contributed by atoms with van der Waals surface area (Å²) in [6.07, 6.45) is 11.0. The maximum Gasteiger partial charge on any atom is 0.226 e. The summed E-state index contributed by atoms with van der Waals surface area (Å²) in [6, 6.07) is 7.86. The van der Waals surface area contributed by atoms with Gasteiger partial charge in [-0.05, 0) is 49.8 Å². The topological polar surface area (TPSA) is 49.3 Å². The number of carbonyl (C=O) groups is 1. The van der Waals surface area contributed by atoms with Gasteiger partial charge in [-0.2, -0.15) is 0 Å². The van der Waals surface area contributed by atoms with Gasteiger partial charge in [-0.15, -0.1) is 0 Å². The van der Waals surface area contributed by atoms with Gasteiger partial charge in [0.1, 0.15) is 0 Å². The molecule has 1 aliphatic carbocycles. The largest absolute Gasteiger partial charge is 0.347 e. The highest BCUT2D eigenvalue weighted by Gasteiger charge is 2.30. The zero-order valence-corrected chi connectivity index (χ0v) is 18.5. The van der Waals surface area contributed by atoms with Crippen molar-refractivity contribution in [2.75, 3.05) is 32.1 Å². The molecule has 1 saturated heterocycles. The highest BCUT2D eigenvalue weighted by molar-refractivity contribution is 6.30. The van der Waals surface area contributed by atoms with Crippen LogP contribution in [0.2, 0.25) is 5.02 Å². The summed E-state index contributed by atoms with van der Waals surface area (Å²) in [5.74, 6) is 1.50. The number of halogens is 1. The molecule has 1 aliphatic heterocycles. The molecule has 1 aromatic heterocycles. The number of hydrogen-bond donors (Lipinski definition) is 0. The maximum absolute atomic E-state index is 12.9. The Morgan fingerprint density at radius 2 is 1.97 bits per heavy atom. The van der Waals surface area contributed by atoms with Crippen molar-refractivity contribution in [1.82, 2.24) is 14.9 Å². The first kappa shape index (κ1) is 20.9. The van der Waals surface area contributed by atoms with Crippen molar-refractivity contribution in [3.8, 4) is 11.1 Å². The fourth-order valence-electron chi connectivity index (χ4n) is 4.44. The summed E-state index contributed by atoms with van der Waals surface area (Å²) < 4.78 is 0. The molecule has 1 aromatic carbocycles. The summed E-state index contributed by atoms with van der Waals surface area (Å²) in [5.41, 5.74) is 3.13. The van der Waals surface area contributed by atoms with Gasteiger partial charge in [0.05, 0.1) is 5.69 Å². The first-order chi connectivity index (χ1) is 14.5. The summed E-state index contributed by atoms with van der Waals surface area (Å²) in [6.45, 7) is 1.58. The molecule has 158 valence electrons. The van der Waals surface area contributed by atoms with Gasteiger partial charge in [-0.1, -0.05) is 35.9 Å². The number of benzene rings is 1. The van der Waals surface area contributed by atoms with Gasteiger partial charge in [0, 0.05) is 55.8 Å². The van der Waals surface area contributed by atoms with Crippen LogP contribution in [0.1, 0.15) is 43.7 Å². The minimum atomic E-state index is 0.160. The molecule has 6 heteroatoms. The van der Waals surface area contributed by atoms with Crippen LogP contribution in [0.15, 0.2) is 42.6 Å². The van der Waals surface area contributed by atoms with Gasteiger partial charge in [0.2, 0.25) is 11.9 Å². The molecule has 30 heavy (non-hydrogen) atoms. The van der Waals surface area contributed by atoms with E-state index < -0.39 is 0 Å². The first-order valence-electron chi connectivity index (χ1n) is 10.8. The van der Waals surface area contributed by atoms with E-state index in [0.29, 0.717) is 22.8 Å². The minimum Gasteiger partial charge on any atom is -0.347 e. The number of allylic oxidation sites excluding steroid dienone is 2. The van der Waals surface area contributed by atoms with E-state index in [1.165, 1.54) is 0 Å². The van der Waals surface area contributed by atoms with E-state index >= 15 is 0 Å². The molecule has 2 aliphatic rings. The molecule has 1 fully saturated rings.